The molecule has 0 bridgehead atoms. The van der Waals surface area contributed by atoms with Gasteiger partial charge < -0.3 is 0 Å². The molecular formula is C24H32N2O. The fourth-order valence-electron chi connectivity index (χ4n) is 7.78. The molecule has 5 rings (SSSR count). The van der Waals surface area contributed by atoms with Gasteiger partial charge in [0.2, 0.25) is 0 Å². The van der Waals surface area contributed by atoms with Crippen LogP contribution in [0.1, 0.15) is 71.5 Å². The first kappa shape index (κ1) is 17.6. The van der Waals surface area contributed by atoms with Crippen molar-refractivity contribution in [1.29, 1.82) is 0 Å². The second-order valence-electron chi connectivity index (χ2n) is 10.3. The first-order chi connectivity index (χ1) is 12.9. The average Bonchev–Trinajstić information content (AvgIpc) is 3.01. The Kier molecular flexibility index (Phi) is 3.90. The molecule has 3 saturated carbocycles. The molecule has 3 nitrogen and oxygen atoms in total. The van der Waals surface area contributed by atoms with Crippen LogP contribution in [0.25, 0.3) is 5.57 Å². The summed E-state index contributed by atoms with van der Waals surface area (Å²) in [7, 11) is 0. The Morgan fingerprint density at radius 3 is 2.67 bits per heavy atom. The van der Waals surface area contributed by atoms with E-state index in [0.29, 0.717) is 29.0 Å². The molecule has 3 heteroatoms. The zero-order valence-corrected chi connectivity index (χ0v) is 16.9. The third-order valence-corrected chi connectivity index (χ3v) is 9.23. The van der Waals surface area contributed by atoms with Gasteiger partial charge in [0.25, 0.3) is 0 Å². The Bertz CT molecular complexity index is 787. The van der Waals surface area contributed by atoms with Crippen molar-refractivity contribution in [2.45, 2.75) is 65.7 Å². The first-order valence-electron chi connectivity index (χ1n) is 10.9. The number of hydrogen-bond donors (Lipinski definition) is 0. The molecular weight excluding hydrogens is 332 g/mol. The molecule has 1 heterocycles. The molecule has 1 aromatic heterocycles. The molecule has 0 radical (unpaired) electrons. The summed E-state index contributed by atoms with van der Waals surface area (Å²) in [4.78, 5) is 21.3. The Hall–Kier alpha value is -1.51. The van der Waals surface area contributed by atoms with Crippen molar-refractivity contribution in [3.63, 3.8) is 0 Å². The lowest BCUT2D eigenvalue weighted by Crippen LogP contribution is -2.55. The molecule has 0 N–H and O–H groups in total. The number of ketones is 1. The molecule has 27 heavy (non-hydrogen) atoms. The van der Waals surface area contributed by atoms with Gasteiger partial charge in [-0.1, -0.05) is 26.8 Å². The lowest BCUT2D eigenvalue weighted by Gasteiger charge is -2.62. The van der Waals surface area contributed by atoms with E-state index in [2.05, 4.69) is 36.8 Å². The van der Waals surface area contributed by atoms with E-state index in [4.69, 9.17) is 0 Å². The molecule has 1 unspecified atom stereocenters. The number of rotatable bonds is 1. The van der Waals surface area contributed by atoms with Gasteiger partial charge >= 0.3 is 0 Å². The van der Waals surface area contributed by atoms with Crippen molar-refractivity contribution in [2.24, 2.45) is 40.4 Å². The average molecular weight is 365 g/mol. The quantitative estimate of drug-likeness (QED) is 0.676. The summed E-state index contributed by atoms with van der Waals surface area (Å²) in [5.41, 5.74) is 1.98. The minimum atomic E-state index is 0.213. The molecule has 4 aliphatic carbocycles. The predicted molar refractivity (Wildman–Crippen MR) is 107 cm³/mol. The highest BCUT2D eigenvalue weighted by atomic mass is 16.1. The smallest absolute Gasteiger partial charge is 0.155 e. The SMILES string of the molecule is C[C@H]1CC2CC(=O)CC[C@]2(C)[C@H]2CC[C@]3(C)C(c4ncccn4)=CC[C@H]3[C@H]12. The summed E-state index contributed by atoms with van der Waals surface area (Å²) in [5.74, 6) is 5.04. The summed E-state index contributed by atoms with van der Waals surface area (Å²) in [6, 6.07) is 1.91. The fourth-order valence-corrected chi connectivity index (χ4v) is 7.78. The fraction of sp³-hybridized carbons (Fsp3) is 0.708. The molecule has 0 saturated heterocycles. The molecule has 0 amide bonds. The molecule has 0 spiro atoms. The number of carbonyl (C=O) groups is 1. The van der Waals surface area contributed by atoms with Gasteiger partial charge in [0.05, 0.1) is 0 Å². The van der Waals surface area contributed by atoms with Crippen LogP contribution in [0, 0.1) is 40.4 Å². The van der Waals surface area contributed by atoms with E-state index in [9.17, 15) is 4.79 Å². The van der Waals surface area contributed by atoms with Crippen LogP contribution in [0.4, 0.5) is 0 Å². The molecule has 4 aliphatic rings. The molecule has 144 valence electrons. The van der Waals surface area contributed by atoms with E-state index >= 15 is 0 Å². The van der Waals surface area contributed by atoms with Gasteiger partial charge in [-0.05, 0) is 84.2 Å². The largest absolute Gasteiger partial charge is 0.300 e. The Balaban J connectivity index is 1.49. The highest BCUT2D eigenvalue weighted by Crippen LogP contribution is 2.68. The maximum Gasteiger partial charge on any atom is 0.155 e. The van der Waals surface area contributed by atoms with Crippen LogP contribution in [-0.2, 0) is 4.79 Å². The van der Waals surface area contributed by atoms with Crippen LogP contribution in [-0.4, -0.2) is 15.8 Å². The lowest BCUT2D eigenvalue weighted by molar-refractivity contribution is -0.144. The van der Waals surface area contributed by atoms with Gasteiger partial charge in [-0.3, -0.25) is 4.79 Å². The third kappa shape index (κ3) is 2.42. The van der Waals surface area contributed by atoms with E-state index in [1.807, 2.05) is 18.5 Å². The number of allylic oxidation sites excluding steroid dienone is 2. The highest BCUT2D eigenvalue weighted by molar-refractivity contribution is 5.79. The van der Waals surface area contributed by atoms with Crippen LogP contribution < -0.4 is 0 Å². The Morgan fingerprint density at radius 1 is 1.11 bits per heavy atom. The standard InChI is InChI=1S/C24H32N2O/c1-15-13-16-14-17(27)7-9-23(16,2)19-8-10-24(3)18(21(15)19)5-6-20(24)22-25-11-4-12-26-22/h4,6,11-12,15-16,18-19,21H,5,7-10,13-14H2,1-3H3/t15-,16?,18-,19-,21-,23-,24-/m0/s1. The van der Waals surface area contributed by atoms with Crippen LogP contribution in [0.15, 0.2) is 24.5 Å². The van der Waals surface area contributed by atoms with Crippen molar-refractivity contribution in [3.8, 4) is 0 Å². The number of Topliss-reactive ketones (excluding diaryl/α,β-unsaturated/α-hetero) is 1. The zero-order chi connectivity index (χ0) is 18.8. The van der Waals surface area contributed by atoms with E-state index in [-0.39, 0.29) is 5.41 Å². The second kappa shape index (κ2) is 5.99. The van der Waals surface area contributed by atoms with Crippen molar-refractivity contribution >= 4 is 11.4 Å². The normalized spacial score (nSPS) is 46.3. The number of nitrogens with zero attached hydrogens (tertiary/aromatic N) is 2. The summed E-state index contributed by atoms with van der Waals surface area (Å²) >= 11 is 0. The molecule has 1 aromatic rings. The molecule has 0 aliphatic heterocycles. The zero-order valence-electron chi connectivity index (χ0n) is 16.9. The summed E-state index contributed by atoms with van der Waals surface area (Å²) < 4.78 is 0. The highest BCUT2D eigenvalue weighted by Gasteiger charge is 2.60. The second-order valence-corrected chi connectivity index (χ2v) is 10.3. The minimum Gasteiger partial charge on any atom is -0.300 e. The lowest BCUT2D eigenvalue weighted by atomic mass is 9.42. The van der Waals surface area contributed by atoms with Gasteiger partial charge in [0, 0.05) is 25.2 Å². The summed E-state index contributed by atoms with van der Waals surface area (Å²) in [6.45, 7) is 7.48. The summed E-state index contributed by atoms with van der Waals surface area (Å²) in [5, 5.41) is 0. The van der Waals surface area contributed by atoms with Gasteiger partial charge in [-0.15, -0.1) is 0 Å². The number of hydrogen-bond acceptors (Lipinski definition) is 3. The van der Waals surface area contributed by atoms with Crippen LogP contribution >= 0.6 is 0 Å². The van der Waals surface area contributed by atoms with E-state index in [1.165, 1.54) is 31.3 Å². The van der Waals surface area contributed by atoms with Gasteiger partial charge in [0.1, 0.15) is 5.78 Å². The maximum atomic E-state index is 12.1. The van der Waals surface area contributed by atoms with E-state index in [1.54, 1.807) is 0 Å². The number of fused-ring (bicyclic) bond motifs is 5. The van der Waals surface area contributed by atoms with Crippen LogP contribution in [0.2, 0.25) is 0 Å². The van der Waals surface area contributed by atoms with Crippen molar-refractivity contribution in [2.75, 3.05) is 0 Å². The monoisotopic (exact) mass is 364 g/mol. The Morgan fingerprint density at radius 2 is 1.89 bits per heavy atom. The summed E-state index contributed by atoms with van der Waals surface area (Å²) in [6.07, 6.45) is 13.9. The van der Waals surface area contributed by atoms with Gasteiger partial charge in [-0.2, -0.15) is 0 Å². The van der Waals surface area contributed by atoms with Crippen molar-refractivity contribution in [1.82, 2.24) is 9.97 Å². The van der Waals surface area contributed by atoms with Crippen LogP contribution in [0.5, 0.6) is 0 Å². The van der Waals surface area contributed by atoms with E-state index in [0.717, 1.165) is 36.9 Å². The van der Waals surface area contributed by atoms with Gasteiger partial charge in [0.15, 0.2) is 5.82 Å². The molecule has 3 fully saturated rings. The van der Waals surface area contributed by atoms with Crippen molar-refractivity contribution in [3.05, 3.63) is 30.4 Å². The van der Waals surface area contributed by atoms with Gasteiger partial charge in [-0.25, -0.2) is 9.97 Å². The molecule has 0 aromatic carbocycles. The Labute approximate surface area is 163 Å². The van der Waals surface area contributed by atoms with Crippen LogP contribution in [0.3, 0.4) is 0 Å². The number of carbonyl (C=O) groups excluding carboxylic acids is 1. The number of aromatic nitrogens is 2. The first-order valence-corrected chi connectivity index (χ1v) is 10.9. The molecule has 7 atom stereocenters. The van der Waals surface area contributed by atoms with E-state index < -0.39 is 0 Å². The third-order valence-electron chi connectivity index (χ3n) is 9.23. The maximum absolute atomic E-state index is 12.1. The topological polar surface area (TPSA) is 42.9 Å². The minimum absolute atomic E-state index is 0.213. The predicted octanol–water partition coefficient (Wildman–Crippen LogP) is 5.33. The van der Waals surface area contributed by atoms with Crippen molar-refractivity contribution < 1.29 is 4.79 Å².